The van der Waals surface area contributed by atoms with Crippen molar-refractivity contribution in [1.29, 1.82) is 15.8 Å². The Balaban J connectivity index is 1.73. The van der Waals surface area contributed by atoms with Gasteiger partial charge < -0.3 is 14.4 Å². The summed E-state index contributed by atoms with van der Waals surface area (Å²) in [6.07, 6.45) is 11.4. The monoisotopic (exact) mass is 706 g/mol. The first-order chi connectivity index (χ1) is 24.9. The van der Waals surface area contributed by atoms with E-state index < -0.39 is 34.3 Å². The number of anilines is 1. The van der Waals surface area contributed by atoms with E-state index in [1.165, 1.54) is 36.4 Å². The molecule has 52 heavy (non-hydrogen) atoms. The number of allylic oxidation sites excluding steroid dienone is 8. The van der Waals surface area contributed by atoms with Crippen LogP contribution in [0, 0.1) is 39.4 Å². The number of nitriles is 3. The van der Waals surface area contributed by atoms with Crippen molar-refractivity contribution in [3.05, 3.63) is 124 Å². The summed E-state index contributed by atoms with van der Waals surface area (Å²) in [4.78, 5) is 2.41. The maximum absolute atomic E-state index is 15.1. The molecule has 0 spiro atoms. The fraction of sp³-hybridized carbons (Fsp3) is 0.372. The Morgan fingerprint density at radius 1 is 0.942 bits per heavy atom. The highest BCUT2D eigenvalue weighted by atomic mass is 19.4. The smallest absolute Gasteiger partial charge is 0.437 e. The normalized spacial score (nSPS) is 19.3. The molecule has 0 N–H and O–H groups in total. The van der Waals surface area contributed by atoms with Crippen LogP contribution in [-0.4, -0.2) is 26.4 Å². The summed E-state index contributed by atoms with van der Waals surface area (Å²) in [6.45, 7) is 10.6. The third kappa shape index (κ3) is 8.70. The molecule has 0 radical (unpaired) electrons. The first kappa shape index (κ1) is 39.3. The van der Waals surface area contributed by atoms with Gasteiger partial charge in [0.05, 0.1) is 7.11 Å². The van der Waals surface area contributed by atoms with Crippen LogP contribution in [0.5, 0.6) is 5.75 Å². The molecule has 0 fully saturated rings. The van der Waals surface area contributed by atoms with Crippen LogP contribution in [0.15, 0.2) is 113 Å². The second-order valence-electron chi connectivity index (χ2n) is 13.8. The first-order valence-corrected chi connectivity index (χ1v) is 17.6. The second-order valence-corrected chi connectivity index (χ2v) is 13.8. The van der Waals surface area contributed by atoms with Crippen molar-refractivity contribution in [3.8, 4) is 24.0 Å². The highest BCUT2D eigenvalue weighted by molar-refractivity contribution is 5.66. The third-order valence-corrected chi connectivity index (χ3v) is 9.20. The van der Waals surface area contributed by atoms with Gasteiger partial charge in [-0.3, -0.25) is 0 Å². The summed E-state index contributed by atoms with van der Waals surface area (Å²) in [5, 5.41) is 29.1. The van der Waals surface area contributed by atoms with Gasteiger partial charge in [-0.05, 0) is 54.4 Å². The Morgan fingerprint density at radius 2 is 1.62 bits per heavy atom. The minimum Gasteiger partial charge on any atom is -0.496 e. The standard InChI is InChI=1S/C43H45F3N4O2/c1-6-8-22-50(23-9-7-2)36-21-20-33(39(25-36)51-5)19-18-32-24-31(26-41(3,4)27-32)14-13-17-38-37(30-49)40(34(28-47)29-48)52-42(38,43(44,45)46)35-15-11-10-12-16-35/h10-21,24-25H,6-9,22-23,26-27H2,1-5H3/b17-13+,19-18+,31-14-. The van der Waals surface area contributed by atoms with Crippen LogP contribution in [0.3, 0.4) is 0 Å². The van der Waals surface area contributed by atoms with Crippen LogP contribution in [0.1, 0.15) is 77.3 Å². The van der Waals surface area contributed by atoms with Crippen molar-refractivity contribution in [2.75, 3.05) is 25.1 Å². The molecule has 9 heteroatoms. The van der Waals surface area contributed by atoms with Crippen molar-refractivity contribution in [3.63, 3.8) is 0 Å². The van der Waals surface area contributed by atoms with E-state index in [1.54, 1.807) is 37.5 Å². The molecule has 1 aliphatic carbocycles. The molecule has 2 aliphatic rings. The highest BCUT2D eigenvalue weighted by Crippen LogP contribution is 2.55. The molecule has 0 bridgehead atoms. The summed E-state index contributed by atoms with van der Waals surface area (Å²) in [7, 11) is 1.67. The lowest BCUT2D eigenvalue weighted by Gasteiger charge is -2.33. The lowest BCUT2D eigenvalue weighted by atomic mass is 9.75. The van der Waals surface area contributed by atoms with Crippen molar-refractivity contribution >= 4 is 11.8 Å². The van der Waals surface area contributed by atoms with Crippen molar-refractivity contribution in [2.24, 2.45) is 5.41 Å². The van der Waals surface area contributed by atoms with Crippen LogP contribution >= 0.6 is 0 Å². The molecule has 1 heterocycles. The molecule has 0 saturated heterocycles. The summed E-state index contributed by atoms with van der Waals surface area (Å²) in [6, 6.07) is 18.1. The Morgan fingerprint density at radius 3 is 2.19 bits per heavy atom. The molecular formula is C43H45F3N4O2. The average molecular weight is 707 g/mol. The number of methoxy groups -OCH3 is 1. The molecule has 270 valence electrons. The van der Waals surface area contributed by atoms with E-state index >= 15 is 13.2 Å². The SMILES string of the molecule is CCCCN(CCCC)c1ccc(/C=C/C2=CC(=C/C=C/C3=C(C#N)C(=C(C#N)C#N)OC3(c3ccccc3)C(F)(F)F)/CC(C)(C)C2)c(OC)c1. The molecule has 0 saturated carbocycles. The number of hydrogen-bond acceptors (Lipinski definition) is 6. The number of ether oxygens (including phenoxy) is 2. The first-order valence-electron chi connectivity index (χ1n) is 17.6. The van der Waals surface area contributed by atoms with Gasteiger partial charge in [-0.25, -0.2) is 0 Å². The van der Waals surface area contributed by atoms with Crippen LogP contribution in [0.2, 0.25) is 0 Å². The number of hydrogen-bond donors (Lipinski definition) is 0. The molecule has 6 nitrogen and oxygen atoms in total. The molecule has 4 rings (SSSR count). The van der Waals surface area contributed by atoms with Gasteiger partial charge >= 0.3 is 6.18 Å². The van der Waals surface area contributed by atoms with Gasteiger partial charge in [0.2, 0.25) is 0 Å². The van der Waals surface area contributed by atoms with Crippen molar-refractivity contribution < 1.29 is 22.6 Å². The average Bonchev–Trinajstić information content (AvgIpc) is 3.46. The third-order valence-electron chi connectivity index (χ3n) is 9.20. The summed E-state index contributed by atoms with van der Waals surface area (Å²) in [5.41, 5.74) is -1.25. The number of nitrogens with zero attached hydrogens (tertiary/aromatic N) is 4. The van der Waals surface area contributed by atoms with E-state index in [1.807, 2.05) is 12.2 Å². The minimum atomic E-state index is -5.05. The largest absolute Gasteiger partial charge is 0.496 e. The van der Waals surface area contributed by atoms with E-state index in [0.717, 1.165) is 73.3 Å². The Labute approximate surface area is 305 Å². The second kappa shape index (κ2) is 17.2. The van der Waals surface area contributed by atoms with Crippen molar-refractivity contribution in [2.45, 2.75) is 78.0 Å². The van der Waals surface area contributed by atoms with Crippen molar-refractivity contribution in [1.82, 2.24) is 0 Å². The van der Waals surface area contributed by atoms with E-state index in [0.29, 0.717) is 6.42 Å². The van der Waals surface area contributed by atoms with Crippen LogP contribution in [0.25, 0.3) is 6.08 Å². The van der Waals surface area contributed by atoms with E-state index in [2.05, 4.69) is 56.9 Å². The molecule has 1 unspecified atom stereocenters. The maximum Gasteiger partial charge on any atom is 0.437 e. The fourth-order valence-corrected chi connectivity index (χ4v) is 6.72. The number of unbranched alkanes of at least 4 members (excludes halogenated alkanes) is 2. The van der Waals surface area contributed by atoms with Gasteiger partial charge in [-0.15, -0.1) is 0 Å². The van der Waals surface area contributed by atoms with Gasteiger partial charge in [-0.2, -0.15) is 29.0 Å². The van der Waals surface area contributed by atoms with Crippen LogP contribution < -0.4 is 9.64 Å². The topological polar surface area (TPSA) is 93.1 Å². The summed E-state index contributed by atoms with van der Waals surface area (Å²) >= 11 is 0. The predicted octanol–water partition coefficient (Wildman–Crippen LogP) is 11.0. The summed E-state index contributed by atoms with van der Waals surface area (Å²) in [5.74, 6) is 0.0857. The highest BCUT2D eigenvalue weighted by Gasteiger charge is 2.65. The molecule has 0 amide bonds. The molecule has 1 atom stereocenters. The molecule has 0 aromatic heterocycles. The Bertz CT molecular complexity index is 1900. The van der Waals surface area contributed by atoms with Crippen LogP contribution in [-0.2, 0) is 10.3 Å². The van der Waals surface area contributed by atoms with Gasteiger partial charge in [0.1, 0.15) is 29.5 Å². The van der Waals surface area contributed by atoms with E-state index in [-0.39, 0.29) is 11.0 Å². The molecule has 2 aromatic carbocycles. The zero-order chi connectivity index (χ0) is 37.9. The van der Waals surface area contributed by atoms with Crippen LogP contribution in [0.4, 0.5) is 18.9 Å². The van der Waals surface area contributed by atoms with Gasteiger partial charge in [-0.1, -0.05) is 107 Å². The number of benzene rings is 2. The summed E-state index contributed by atoms with van der Waals surface area (Å²) < 4.78 is 56.7. The van der Waals surface area contributed by atoms with E-state index in [9.17, 15) is 15.8 Å². The molecular weight excluding hydrogens is 661 g/mol. The van der Waals surface area contributed by atoms with E-state index in [4.69, 9.17) is 9.47 Å². The Kier molecular flexibility index (Phi) is 13.0. The molecule has 1 aliphatic heterocycles. The molecule has 2 aromatic rings. The Hall–Kier alpha value is -5.46. The van der Waals surface area contributed by atoms with Gasteiger partial charge in [0, 0.05) is 41.5 Å². The zero-order valence-corrected chi connectivity index (χ0v) is 30.5. The quantitative estimate of drug-likeness (QED) is 0.193. The zero-order valence-electron chi connectivity index (χ0n) is 30.5. The number of alkyl halides is 3. The van der Waals surface area contributed by atoms with Gasteiger partial charge in [0.25, 0.3) is 5.60 Å². The maximum atomic E-state index is 15.1. The fourth-order valence-electron chi connectivity index (χ4n) is 6.72. The number of halogens is 3. The predicted molar refractivity (Wildman–Crippen MR) is 199 cm³/mol. The number of rotatable bonds is 13. The lowest BCUT2D eigenvalue weighted by molar-refractivity contribution is -0.249. The minimum absolute atomic E-state index is 0.140. The van der Waals surface area contributed by atoms with Gasteiger partial charge in [0.15, 0.2) is 11.3 Å². The lowest BCUT2D eigenvalue weighted by Crippen LogP contribution is -2.43.